The predicted octanol–water partition coefficient (Wildman–Crippen LogP) is 0.934. The number of thiazole rings is 1. The maximum Gasteiger partial charge on any atom is 0.255 e. The van der Waals surface area contributed by atoms with Gasteiger partial charge in [-0.2, -0.15) is 0 Å². The van der Waals surface area contributed by atoms with Crippen molar-refractivity contribution in [3.8, 4) is 0 Å². The quantitative estimate of drug-likeness (QED) is 0.677. The fraction of sp³-hybridized carbons (Fsp3) is 0.550. The van der Waals surface area contributed by atoms with Crippen molar-refractivity contribution in [1.82, 2.24) is 19.9 Å². The lowest BCUT2D eigenvalue weighted by molar-refractivity contribution is -0.136. The summed E-state index contributed by atoms with van der Waals surface area (Å²) in [6.45, 7) is 4.90. The molecule has 2 aliphatic rings. The van der Waals surface area contributed by atoms with Gasteiger partial charge in [-0.3, -0.25) is 19.4 Å². The van der Waals surface area contributed by atoms with Crippen molar-refractivity contribution in [1.29, 1.82) is 0 Å². The summed E-state index contributed by atoms with van der Waals surface area (Å²) in [5.74, 6) is 0.193. The Morgan fingerprint density at radius 3 is 2.84 bits per heavy atom. The number of morpholine rings is 1. The van der Waals surface area contributed by atoms with Gasteiger partial charge in [0.25, 0.3) is 5.56 Å². The summed E-state index contributed by atoms with van der Waals surface area (Å²) in [5, 5.41) is 5.08. The number of H-pyrrole nitrogens is 1. The lowest BCUT2D eigenvalue weighted by Gasteiger charge is -2.27. The van der Waals surface area contributed by atoms with Crippen molar-refractivity contribution in [2.75, 3.05) is 43.1 Å². The van der Waals surface area contributed by atoms with Gasteiger partial charge < -0.3 is 19.9 Å². The van der Waals surface area contributed by atoms with E-state index in [0.29, 0.717) is 61.6 Å². The second-order valence-corrected chi connectivity index (χ2v) is 8.52. The molecule has 0 bridgehead atoms. The van der Waals surface area contributed by atoms with Crippen LogP contribution in [0.2, 0.25) is 0 Å². The SMILES string of the molecule is Cc1nc(N2CCOCC2)[nH]c(=O)c1CCC(=O)N1CCCC1C(=O)Nc1nccs1. The molecule has 166 valence electrons. The molecule has 2 aliphatic heterocycles. The number of anilines is 2. The zero-order valence-electron chi connectivity index (χ0n) is 17.4. The fourth-order valence-corrected chi connectivity index (χ4v) is 4.53. The number of nitrogens with one attached hydrogen (secondary N) is 2. The molecule has 0 aromatic carbocycles. The van der Waals surface area contributed by atoms with Crippen LogP contribution in [-0.2, 0) is 20.7 Å². The minimum atomic E-state index is -0.502. The van der Waals surface area contributed by atoms with Gasteiger partial charge in [0.15, 0.2) is 5.13 Å². The van der Waals surface area contributed by atoms with Gasteiger partial charge in [0, 0.05) is 48.9 Å². The van der Waals surface area contributed by atoms with E-state index in [1.54, 1.807) is 23.4 Å². The molecule has 4 heterocycles. The van der Waals surface area contributed by atoms with Gasteiger partial charge in [0.1, 0.15) is 6.04 Å². The van der Waals surface area contributed by atoms with E-state index < -0.39 is 6.04 Å². The first-order valence-corrected chi connectivity index (χ1v) is 11.3. The molecule has 2 aromatic rings. The van der Waals surface area contributed by atoms with Crippen LogP contribution in [0.15, 0.2) is 16.4 Å². The number of aryl methyl sites for hydroxylation is 1. The normalized spacial score (nSPS) is 18.9. The maximum absolute atomic E-state index is 12.9. The number of nitrogens with zero attached hydrogens (tertiary/aromatic N) is 4. The van der Waals surface area contributed by atoms with Crippen molar-refractivity contribution in [2.24, 2.45) is 0 Å². The number of carbonyl (C=O) groups is 2. The molecule has 2 amide bonds. The molecule has 11 heteroatoms. The minimum Gasteiger partial charge on any atom is -0.378 e. The standard InChI is InChI=1S/C20H26N6O4S/c1-13-14(17(28)23-19(22-13)25-8-10-30-11-9-25)4-5-16(27)26-7-2-3-15(26)18(29)24-20-21-6-12-31-20/h6,12,15H,2-5,7-11H2,1H3,(H,21,24,29)(H,22,23,28). The van der Waals surface area contributed by atoms with Crippen LogP contribution in [0.5, 0.6) is 0 Å². The summed E-state index contributed by atoms with van der Waals surface area (Å²) in [6.07, 6.45) is 3.46. The van der Waals surface area contributed by atoms with E-state index >= 15 is 0 Å². The van der Waals surface area contributed by atoms with Gasteiger partial charge in [-0.05, 0) is 26.2 Å². The van der Waals surface area contributed by atoms with Crippen molar-refractivity contribution < 1.29 is 14.3 Å². The molecular weight excluding hydrogens is 420 g/mol. The predicted molar refractivity (Wildman–Crippen MR) is 116 cm³/mol. The number of rotatable bonds is 6. The summed E-state index contributed by atoms with van der Waals surface area (Å²) in [5.41, 5.74) is 0.909. The number of hydrogen-bond acceptors (Lipinski definition) is 8. The van der Waals surface area contributed by atoms with Gasteiger partial charge in [0.2, 0.25) is 17.8 Å². The van der Waals surface area contributed by atoms with E-state index in [-0.39, 0.29) is 30.2 Å². The molecule has 31 heavy (non-hydrogen) atoms. The molecule has 0 aliphatic carbocycles. The summed E-state index contributed by atoms with van der Waals surface area (Å²) in [4.78, 5) is 53.1. The molecule has 0 spiro atoms. The highest BCUT2D eigenvalue weighted by Gasteiger charge is 2.34. The van der Waals surface area contributed by atoms with Gasteiger partial charge >= 0.3 is 0 Å². The van der Waals surface area contributed by atoms with E-state index in [1.165, 1.54) is 11.3 Å². The second-order valence-electron chi connectivity index (χ2n) is 7.62. The number of amides is 2. The topological polar surface area (TPSA) is 121 Å². The third-order valence-electron chi connectivity index (χ3n) is 5.65. The lowest BCUT2D eigenvalue weighted by Crippen LogP contribution is -2.43. The summed E-state index contributed by atoms with van der Waals surface area (Å²) >= 11 is 1.34. The van der Waals surface area contributed by atoms with Gasteiger partial charge in [-0.15, -0.1) is 11.3 Å². The van der Waals surface area contributed by atoms with Gasteiger partial charge in [-0.25, -0.2) is 9.97 Å². The first kappa shape index (κ1) is 21.4. The van der Waals surface area contributed by atoms with E-state index in [9.17, 15) is 14.4 Å². The number of ether oxygens (including phenoxy) is 1. The van der Waals surface area contributed by atoms with Gasteiger partial charge in [-0.1, -0.05) is 0 Å². The van der Waals surface area contributed by atoms with Gasteiger partial charge in [0.05, 0.1) is 13.2 Å². The minimum absolute atomic E-state index is 0.132. The first-order chi connectivity index (χ1) is 15.0. The molecule has 2 saturated heterocycles. The van der Waals surface area contributed by atoms with E-state index in [0.717, 1.165) is 6.42 Å². The van der Waals surface area contributed by atoms with Crippen molar-refractivity contribution in [3.05, 3.63) is 33.2 Å². The number of carbonyl (C=O) groups excluding carboxylic acids is 2. The Morgan fingerprint density at radius 2 is 2.13 bits per heavy atom. The number of likely N-dealkylation sites (tertiary alicyclic amines) is 1. The number of aromatic amines is 1. The Kier molecular flexibility index (Phi) is 6.62. The molecule has 4 rings (SSSR count). The Labute approximate surface area is 183 Å². The smallest absolute Gasteiger partial charge is 0.255 e. The highest BCUT2D eigenvalue weighted by molar-refractivity contribution is 7.13. The maximum atomic E-state index is 12.9. The number of aromatic nitrogens is 3. The highest BCUT2D eigenvalue weighted by atomic mass is 32.1. The third-order valence-corrected chi connectivity index (χ3v) is 6.34. The van der Waals surface area contributed by atoms with Crippen molar-refractivity contribution in [3.63, 3.8) is 0 Å². The largest absolute Gasteiger partial charge is 0.378 e. The Morgan fingerprint density at radius 1 is 1.32 bits per heavy atom. The molecule has 10 nitrogen and oxygen atoms in total. The van der Waals surface area contributed by atoms with Crippen molar-refractivity contribution >= 4 is 34.2 Å². The van der Waals surface area contributed by atoms with Crippen LogP contribution in [0.4, 0.5) is 11.1 Å². The first-order valence-electron chi connectivity index (χ1n) is 10.5. The molecule has 0 saturated carbocycles. The van der Waals surface area contributed by atoms with E-state index in [4.69, 9.17) is 4.74 Å². The molecule has 2 N–H and O–H groups in total. The molecule has 2 fully saturated rings. The Balaban J connectivity index is 1.38. The zero-order chi connectivity index (χ0) is 21.8. The Hall–Kier alpha value is -2.79. The molecular formula is C20H26N6O4S. The Bertz CT molecular complexity index is 986. The van der Waals surface area contributed by atoms with Crippen LogP contribution < -0.4 is 15.8 Å². The average molecular weight is 447 g/mol. The fourth-order valence-electron chi connectivity index (χ4n) is 4.00. The molecule has 0 radical (unpaired) electrons. The molecule has 2 aromatic heterocycles. The van der Waals surface area contributed by atoms with E-state index in [2.05, 4.69) is 20.3 Å². The number of hydrogen-bond donors (Lipinski definition) is 2. The second kappa shape index (κ2) is 9.56. The van der Waals surface area contributed by atoms with Crippen molar-refractivity contribution in [2.45, 2.75) is 38.6 Å². The van der Waals surface area contributed by atoms with Crippen LogP contribution in [0, 0.1) is 6.92 Å². The van der Waals surface area contributed by atoms with Crippen LogP contribution >= 0.6 is 11.3 Å². The van der Waals surface area contributed by atoms with Crippen LogP contribution in [0.25, 0.3) is 0 Å². The highest BCUT2D eigenvalue weighted by Crippen LogP contribution is 2.21. The molecule has 1 unspecified atom stereocenters. The summed E-state index contributed by atoms with van der Waals surface area (Å²) in [6, 6.07) is -0.502. The van der Waals surface area contributed by atoms with E-state index in [1.807, 2.05) is 4.90 Å². The summed E-state index contributed by atoms with van der Waals surface area (Å²) < 4.78 is 5.34. The van der Waals surface area contributed by atoms with Crippen LogP contribution in [-0.4, -0.2) is 70.6 Å². The summed E-state index contributed by atoms with van der Waals surface area (Å²) in [7, 11) is 0. The zero-order valence-corrected chi connectivity index (χ0v) is 18.2. The van der Waals surface area contributed by atoms with Crippen LogP contribution in [0.3, 0.4) is 0 Å². The molecule has 1 atom stereocenters. The monoisotopic (exact) mass is 446 g/mol. The third kappa shape index (κ3) is 4.93. The average Bonchev–Trinajstić information content (AvgIpc) is 3.45. The van der Waals surface area contributed by atoms with Crippen LogP contribution in [0.1, 0.15) is 30.5 Å². The lowest BCUT2D eigenvalue weighted by atomic mass is 10.1.